The van der Waals surface area contributed by atoms with Gasteiger partial charge in [0.25, 0.3) is 5.91 Å². The Morgan fingerprint density at radius 1 is 1.26 bits per heavy atom. The fourth-order valence-electron chi connectivity index (χ4n) is 1.47. The van der Waals surface area contributed by atoms with E-state index >= 15 is 0 Å². The third-order valence-corrected chi connectivity index (χ3v) is 3.94. The van der Waals surface area contributed by atoms with Crippen molar-refractivity contribution in [3.63, 3.8) is 0 Å². The van der Waals surface area contributed by atoms with Crippen molar-refractivity contribution >= 4 is 50.5 Å². The number of halogens is 1. The average molecular weight is 341 g/mol. The van der Waals surface area contributed by atoms with Gasteiger partial charge in [-0.25, -0.2) is 4.79 Å². The maximum Gasteiger partial charge on any atom is 0.337 e. The number of benzene rings is 1. The van der Waals surface area contributed by atoms with Gasteiger partial charge in [0.15, 0.2) is 0 Å². The minimum Gasteiger partial charge on any atom is -0.478 e. The molecule has 0 fully saturated rings. The lowest BCUT2D eigenvalue weighted by Crippen LogP contribution is -2.14. The Bertz CT molecular complexity index is 654. The van der Waals surface area contributed by atoms with Crippen molar-refractivity contribution in [3.8, 4) is 0 Å². The van der Waals surface area contributed by atoms with Gasteiger partial charge in [0, 0.05) is 5.69 Å². The van der Waals surface area contributed by atoms with Crippen molar-refractivity contribution < 1.29 is 14.7 Å². The predicted octanol–water partition coefficient (Wildman–Crippen LogP) is 3.04. The van der Waals surface area contributed by atoms with E-state index in [0.29, 0.717) is 10.6 Å². The number of hydrogen-bond donors (Lipinski definition) is 3. The molecule has 1 aromatic heterocycles. The van der Waals surface area contributed by atoms with Crippen molar-refractivity contribution in [3.05, 3.63) is 44.6 Å². The number of hydrogen-bond acceptors (Lipinski definition) is 4. The van der Waals surface area contributed by atoms with Crippen LogP contribution in [0.25, 0.3) is 0 Å². The zero-order chi connectivity index (χ0) is 14.0. The highest BCUT2D eigenvalue weighted by atomic mass is 79.9. The molecule has 4 N–H and O–H groups in total. The summed E-state index contributed by atoms with van der Waals surface area (Å²) in [5.41, 5.74) is 6.16. The molecular formula is C12H9BrN2O3S. The molecule has 1 aromatic carbocycles. The average Bonchev–Trinajstić information content (AvgIpc) is 2.75. The number of nitrogen functional groups attached to an aromatic ring is 1. The van der Waals surface area contributed by atoms with E-state index in [1.54, 1.807) is 12.1 Å². The van der Waals surface area contributed by atoms with Gasteiger partial charge in [-0.3, -0.25) is 4.79 Å². The van der Waals surface area contributed by atoms with Crippen LogP contribution in [0, 0.1) is 0 Å². The Labute approximate surface area is 121 Å². The summed E-state index contributed by atoms with van der Waals surface area (Å²) in [6.07, 6.45) is 0. The molecule has 1 amide bonds. The van der Waals surface area contributed by atoms with Crippen LogP contribution >= 0.6 is 27.3 Å². The van der Waals surface area contributed by atoms with Gasteiger partial charge in [-0.05, 0) is 46.3 Å². The van der Waals surface area contributed by atoms with Gasteiger partial charge in [-0.15, -0.1) is 11.3 Å². The number of anilines is 2. The lowest BCUT2D eigenvalue weighted by molar-refractivity contribution is 0.0698. The van der Waals surface area contributed by atoms with Crippen molar-refractivity contribution in [2.24, 2.45) is 0 Å². The van der Waals surface area contributed by atoms with E-state index in [0.717, 1.165) is 3.79 Å². The normalized spacial score (nSPS) is 10.2. The summed E-state index contributed by atoms with van der Waals surface area (Å²) in [5, 5.41) is 11.6. The van der Waals surface area contributed by atoms with Crippen molar-refractivity contribution in [1.82, 2.24) is 0 Å². The largest absolute Gasteiger partial charge is 0.478 e. The fraction of sp³-hybridized carbons (Fsp3) is 0. The second kappa shape index (κ2) is 5.41. The first-order chi connectivity index (χ1) is 8.97. The molecule has 2 aromatic rings. The molecule has 0 atom stereocenters. The zero-order valence-electron chi connectivity index (χ0n) is 9.51. The molecule has 0 radical (unpaired) electrons. The van der Waals surface area contributed by atoms with Crippen molar-refractivity contribution in [2.45, 2.75) is 0 Å². The molecule has 1 heterocycles. The third kappa shape index (κ3) is 3.12. The van der Waals surface area contributed by atoms with Gasteiger partial charge >= 0.3 is 5.97 Å². The molecule has 19 heavy (non-hydrogen) atoms. The molecule has 0 bridgehead atoms. The maximum atomic E-state index is 12.0. The summed E-state index contributed by atoms with van der Waals surface area (Å²) < 4.78 is 0.823. The van der Waals surface area contributed by atoms with Crippen LogP contribution in [-0.2, 0) is 0 Å². The van der Waals surface area contributed by atoms with Gasteiger partial charge in [-0.2, -0.15) is 0 Å². The SMILES string of the molecule is Nc1ccc(C(=O)O)c(NC(=O)c2ccc(Br)s2)c1. The Balaban J connectivity index is 2.30. The lowest BCUT2D eigenvalue weighted by atomic mass is 10.1. The van der Waals surface area contributed by atoms with Crippen molar-refractivity contribution in [1.29, 1.82) is 0 Å². The Hall–Kier alpha value is -1.86. The highest BCUT2D eigenvalue weighted by molar-refractivity contribution is 9.11. The van der Waals surface area contributed by atoms with Crippen LogP contribution in [0.2, 0.25) is 0 Å². The van der Waals surface area contributed by atoms with Gasteiger partial charge in [0.2, 0.25) is 0 Å². The van der Waals surface area contributed by atoms with E-state index in [-0.39, 0.29) is 17.2 Å². The van der Waals surface area contributed by atoms with Crippen LogP contribution in [0.15, 0.2) is 34.1 Å². The standard InChI is InChI=1S/C12H9BrN2O3S/c13-10-4-3-9(19-10)11(16)15-8-5-6(14)1-2-7(8)12(17)18/h1-5H,14H2,(H,15,16)(H,17,18). The summed E-state index contributed by atoms with van der Waals surface area (Å²) in [5.74, 6) is -1.49. The number of amides is 1. The molecule has 7 heteroatoms. The van der Waals surface area contributed by atoms with Crippen molar-refractivity contribution in [2.75, 3.05) is 11.1 Å². The third-order valence-electron chi connectivity index (χ3n) is 2.32. The minimum atomic E-state index is -1.12. The first kappa shape index (κ1) is 13.6. The number of carboxylic acid groups (broad SMARTS) is 1. The molecule has 0 saturated heterocycles. The van der Waals surface area contributed by atoms with Gasteiger partial charge in [0.1, 0.15) is 0 Å². The number of carboxylic acids is 1. The van der Waals surface area contributed by atoms with Gasteiger partial charge < -0.3 is 16.2 Å². The molecule has 0 unspecified atom stereocenters. The number of nitrogens with one attached hydrogen (secondary N) is 1. The summed E-state index contributed by atoms with van der Waals surface area (Å²) in [6.45, 7) is 0. The van der Waals surface area contributed by atoms with E-state index in [2.05, 4.69) is 21.2 Å². The van der Waals surface area contributed by atoms with Gasteiger partial charge in [-0.1, -0.05) is 0 Å². The van der Waals surface area contributed by atoms with E-state index in [1.165, 1.54) is 29.5 Å². The highest BCUT2D eigenvalue weighted by Gasteiger charge is 2.15. The van der Waals surface area contributed by atoms with Crippen LogP contribution in [-0.4, -0.2) is 17.0 Å². The number of rotatable bonds is 3. The highest BCUT2D eigenvalue weighted by Crippen LogP contribution is 2.25. The Morgan fingerprint density at radius 3 is 2.58 bits per heavy atom. The summed E-state index contributed by atoms with van der Waals surface area (Å²) in [6, 6.07) is 7.65. The van der Waals surface area contributed by atoms with Crippen LogP contribution in [0.4, 0.5) is 11.4 Å². The predicted molar refractivity (Wildman–Crippen MR) is 77.8 cm³/mol. The fourth-order valence-corrected chi connectivity index (χ4v) is 2.75. The summed E-state index contributed by atoms with van der Waals surface area (Å²) in [4.78, 5) is 23.5. The first-order valence-corrected chi connectivity index (χ1v) is 6.78. The van der Waals surface area contributed by atoms with Crippen LogP contribution < -0.4 is 11.1 Å². The van der Waals surface area contributed by atoms with E-state index < -0.39 is 5.97 Å². The quantitative estimate of drug-likeness (QED) is 0.748. The number of thiophene rings is 1. The first-order valence-electron chi connectivity index (χ1n) is 5.17. The van der Waals surface area contributed by atoms with Crippen LogP contribution in [0.5, 0.6) is 0 Å². The monoisotopic (exact) mass is 340 g/mol. The summed E-state index contributed by atoms with van der Waals surface area (Å²) >= 11 is 4.52. The van der Waals surface area contributed by atoms with Crippen LogP contribution in [0.3, 0.4) is 0 Å². The van der Waals surface area contributed by atoms with E-state index in [9.17, 15) is 9.59 Å². The smallest absolute Gasteiger partial charge is 0.337 e. The minimum absolute atomic E-state index is 0.00169. The molecule has 5 nitrogen and oxygen atoms in total. The lowest BCUT2D eigenvalue weighted by Gasteiger charge is -2.08. The molecular weight excluding hydrogens is 332 g/mol. The molecule has 0 aliphatic heterocycles. The molecule has 98 valence electrons. The molecule has 0 aliphatic rings. The van der Waals surface area contributed by atoms with E-state index in [1.807, 2.05) is 0 Å². The Morgan fingerprint density at radius 2 is 2.00 bits per heavy atom. The molecule has 0 saturated carbocycles. The second-order valence-electron chi connectivity index (χ2n) is 3.67. The number of aromatic carboxylic acids is 1. The van der Waals surface area contributed by atoms with Crippen LogP contribution in [0.1, 0.15) is 20.0 Å². The Kier molecular flexibility index (Phi) is 3.87. The molecule has 0 aliphatic carbocycles. The molecule has 2 rings (SSSR count). The summed E-state index contributed by atoms with van der Waals surface area (Å²) in [7, 11) is 0. The number of nitrogens with two attached hydrogens (primary N) is 1. The maximum absolute atomic E-state index is 12.0. The zero-order valence-corrected chi connectivity index (χ0v) is 11.9. The number of carbonyl (C=O) groups is 2. The topological polar surface area (TPSA) is 92.4 Å². The molecule has 0 spiro atoms. The van der Waals surface area contributed by atoms with E-state index in [4.69, 9.17) is 10.8 Å². The van der Waals surface area contributed by atoms with Gasteiger partial charge in [0.05, 0.1) is 19.9 Å². The second-order valence-corrected chi connectivity index (χ2v) is 6.13. The number of carbonyl (C=O) groups excluding carboxylic acids is 1.